The van der Waals surface area contributed by atoms with Crippen molar-refractivity contribution in [3.05, 3.63) is 35.4 Å². The standard InChI is InChI=1S/C15H22N2/c16-10-12-5-7-17(8-6-12)11-14-9-13-3-1-2-4-15(13)14/h1-4,12,14H,5-11,16H2. The van der Waals surface area contributed by atoms with Crippen molar-refractivity contribution in [3.63, 3.8) is 0 Å². The summed E-state index contributed by atoms with van der Waals surface area (Å²) in [5.41, 5.74) is 8.89. The summed E-state index contributed by atoms with van der Waals surface area (Å²) in [6.07, 6.45) is 3.88. The molecule has 3 rings (SSSR count). The van der Waals surface area contributed by atoms with Crippen LogP contribution in [0.25, 0.3) is 0 Å². The van der Waals surface area contributed by atoms with Gasteiger partial charge in [-0.15, -0.1) is 0 Å². The van der Waals surface area contributed by atoms with Gasteiger partial charge in [0.2, 0.25) is 0 Å². The lowest BCUT2D eigenvalue weighted by Crippen LogP contribution is -2.40. The monoisotopic (exact) mass is 230 g/mol. The fourth-order valence-electron chi connectivity index (χ4n) is 3.24. The van der Waals surface area contributed by atoms with Crippen LogP contribution in [0.15, 0.2) is 24.3 Å². The smallest absolute Gasteiger partial charge is 0.00536 e. The molecule has 1 aliphatic carbocycles. The van der Waals surface area contributed by atoms with Crippen molar-refractivity contribution >= 4 is 0 Å². The van der Waals surface area contributed by atoms with Gasteiger partial charge in [-0.2, -0.15) is 0 Å². The van der Waals surface area contributed by atoms with Crippen LogP contribution < -0.4 is 5.73 Å². The van der Waals surface area contributed by atoms with E-state index in [9.17, 15) is 0 Å². The topological polar surface area (TPSA) is 29.3 Å². The molecule has 92 valence electrons. The molecule has 0 bridgehead atoms. The third kappa shape index (κ3) is 2.24. The molecule has 1 aromatic rings. The Morgan fingerprint density at radius 3 is 2.65 bits per heavy atom. The Morgan fingerprint density at radius 1 is 1.18 bits per heavy atom. The van der Waals surface area contributed by atoms with E-state index < -0.39 is 0 Å². The number of fused-ring (bicyclic) bond motifs is 1. The van der Waals surface area contributed by atoms with Crippen molar-refractivity contribution in [2.75, 3.05) is 26.2 Å². The number of benzene rings is 1. The quantitative estimate of drug-likeness (QED) is 0.860. The van der Waals surface area contributed by atoms with E-state index in [-0.39, 0.29) is 0 Å². The zero-order chi connectivity index (χ0) is 11.7. The molecule has 0 aromatic heterocycles. The zero-order valence-electron chi connectivity index (χ0n) is 10.4. The summed E-state index contributed by atoms with van der Waals surface area (Å²) in [5.74, 6) is 1.57. The van der Waals surface area contributed by atoms with Gasteiger partial charge < -0.3 is 10.6 Å². The van der Waals surface area contributed by atoms with E-state index in [2.05, 4.69) is 29.2 Å². The third-order valence-corrected chi connectivity index (χ3v) is 4.48. The number of nitrogens with zero attached hydrogens (tertiary/aromatic N) is 1. The van der Waals surface area contributed by atoms with Gasteiger partial charge >= 0.3 is 0 Å². The van der Waals surface area contributed by atoms with Gasteiger partial charge in [0, 0.05) is 12.5 Å². The normalized spacial score (nSPS) is 25.4. The van der Waals surface area contributed by atoms with Crippen LogP contribution in [0.4, 0.5) is 0 Å². The van der Waals surface area contributed by atoms with E-state index in [0.29, 0.717) is 0 Å². The Hall–Kier alpha value is -0.860. The van der Waals surface area contributed by atoms with Gasteiger partial charge in [0.15, 0.2) is 0 Å². The lowest BCUT2D eigenvalue weighted by atomic mass is 9.77. The molecule has 1 unspecified atom stereocenters. The first-order valence-corrected chi connectivity index (χ1v) is 6.87. The van der Waals surface area contributed by atoms with Crippen LogP contribution in [0.1, 0.15) is 29.9 Å². The molecule has 2 N–H and O–H groups in total. The molecule has 1 fully saturated rings. The van der Waals surface area contributed by atoms with Crippen LogP contribution >= 0.6 is 0 Å². The molecule has 1 aromatic carbocycles. The Labute approximate surface area is 104 Å². The highest BCUT2D eigenvalue weighted by molar-refractivity contribution is 5.40. The van der Waals surface area contributed by atoms with E-state index in [4.69, 9.17) is 5.73 Å². The second kappa shape index (κ2) is 4.79. The molecular weight excluding hydrogens is 208 g/mol. The Bertz CT molecular complexity index is 380. The van der Waals surface area contributed by atoms with E-state index in [1.165, 1.54) is 38.9 Å². The first-order chi connectivity index (χ1) is 8.36. The van der Waals surface area contributed by atoms with Gasteiger partial charge in [0.25, 0.3) is 0 Å². The summed E-state index contributed by atoms with van der Waals surface area (Å²) in [6, 6.07) is 8.90. The fraction of sp³-hybridized carbons (Fsp3) is 0.600. The fourth-order valence-corrected chi connectivity index (χ4v) is 3.24. The van der Waals surface area contributed by atoms with E-state index in [1.807, 2.05) is 0 Å². The molecule has 2 aliphatic rings. The predicted octanol–water partition coefficient (Wildman–Crippen LogP) is 2.00. The molecule has 0 amide bonds. The SMILES string of the molecule is NCC1CCN(CC2Cc3ccccc32)CC1. The van der Waals surface area contributed by atoms with Gasteiger partial charge in [0.1, 0.15) is 0 Å². The minimum absolute atomic E-state index is 0.778. The number of rotatable bonds is 3. The van der Waals surface area contributed by atoms with Gasteiger partial charge in [-0.25, -0.2) is 0 Å². The van der Waals surface area contributed by atoms with Gasteiger partial charge in [-0.1, -0.05) is 24.3 Å². The molecule has 1 aliphatic heterocycles. The van der Waals surface area contributed by atoms with Crippen molar-refractivity contribution in [2.45, 2.75) is 25.2 Å². The molecule has 0 saturated carbocycles. The summed E-state index contributed by atoms with van der Waals surface area (Å²) >= 11 is 0. The molecule has 1 saturated heterocycles. The Balaban J connectivity index is 1.53. The summed E-state index contributed by atoms with van der Waals surface area (Å²) < 4.78 is 0. The minimum Gasteiger partial charge on any atom is -0.330 e. The first-order valence-electron chi connectivity index (χ1n) is 6.87. The van der Waals surface area contributed by atoms with E-state index in [1.54, 1.807) is 11.1 Å². The average Bonchev–Trinajstić information content (AvgIpc) is 2.37. The predicted molar refractivity (Wildman–Crippen MR) is 71.1 cm³/mol. The molecule has 2 heteroatoms. The Morgan fingerprint density at radius 2 is 1.94 bits per heavy atom. The van der Waals surface area contributed by atoms with Crippen LogP contribution in [-0.2, 0) is 6.42 Å². The van der Waals surface area contributed by atoms with Gasteiger partial charge in [-0.05, 0) is 55.9 Å². The number of piperidine rings is 1. The maximum absolute atomic E-state index is 5.73. The highest BCUT2D eigenvalue weighted by Gasteiger charge is 2.28. The Kier molecular flexibility index (Phi) is 3.17. The summed E-state index contributed by atoms with van der Waals surface area (Å²) in [6.45, 7) is 4.63. The molecule has 17 heavy (non-hydrogen) atoms. The third-order valence-electron chi connectivity index (χ3n) is 4.48. The minimum atomic E-state index is 0.778. The second-order valence-electron chi connectivity index (χ2n) is 5.58. The summed E-state index contributed by atoms with van der Waals surface area (Å²) in [4.78, 5) is 2.63. The zero-order valence-corrected chi connectivity index (χ0v) is 10.4. The molecule has 1 atom stereocenters. The highest BCUT2D eigenvalue weighted by Crippen LogP contribution is 2.35. The maximum Gasteiger partial charge on any atom is 0.00536 e. The van der Waals surface area contributed by atoms with Crippen molar-refractivity contribution in [3.8, 4) is 0 Å². The average molecular weight is 230 g/mol. The van der Waals surface area contributed by atoms with Gasteiger partial charge in [0.05, 0.1) is 0 Å². The largest absolute Gasteiger partial charge is 0.330 e. The number of nitrogens with two attached hydrogens (primary N) is 1. The van der Waals surface area contributed by atoms with Crippen LogP contribution in [0.2, 0.25) is 0 Å². The number of hydrogen-bond donors (Lipinski definition) is 1. The van der Waals surface area contributed by atoms with E-state index in [0.717, 1.165) is 18.4 Å². The van der Waals surface area contributed by atoms with E-state index >= 15 is 0 Å². The van der Waals surface area contributed by atoms with Crippen molar-refractivity contribution in [1.29, 1.82) is 0 Å². The van der Waals surface area contributed by atoms with Crippen LogP contribution in [0, 0.1) is 5.92 Å². The molecule has 2 nitrogen and oxygen atoms in total. The summed E-state index contributed by atoms with van der Waals surface area (Å²) in [5, 5.41) is 0. The van der Waals surface area contributed by atoms with Crippen molar-refractivity contribution in [2.24, 2.45) is 11.7 Å². The van der Waals surface area contributed by atoms with Gasteiger partial charge in [-0.3, -0.25) is 0 Å². The lowest BCUT2D eigenvalue weighted by Gasteiger charge is -2.38. The molecule has 0 spiro atoms. The number of hydrogen-bond acceptors (Lipinski definition) is 2. The second-order valence-corrected chi connectivity index (χ2v) is 5.58. The molecule has 1 heterocycles. The van der Waals surface area contributed by atoms with Crippen molar-refractivity contribution < 1.29 is 0 Å². The maximum atomic E-state index is 5.73. The van der Waals surface area contributed by atoms with Crippen LogP contribution in [-0.4, -0.2) is 31.1 Å². The molecular formula is C15H22N2. The summed E-state index contributed by atoms with van der Waals surface area (Å²) in [7, 11) is 0. The number of likely N-dealkylation sites (tertiary alicyclic amines) is 1. The van der Waals surface area contributed by atoms with Crippen LogP contribution in [0.3, 0.4) is 0 Å². The van der Waals surface area contributed by atoms with Crippen molar-refractivity contribution in [1.82, 2.24) is 4.90 Å². The highest BCUT2D eigenvalue weighted by atomic mass is 15.1. The van der Waals surface area contributed by atoms with Crippen LogP contribution in [0.5, 0.6) is 0 Å². The molecule has 0 radical (unpaired) electrons. The lowest BCUT2D eigenvalue weighted by molar-refractivity contribution is 0.173. The first kappa shape index (κ1) is 11.2.